The van der Waals surface area contributed by atoms with E-state index in [1.165, 1.54) is 17.0 Å². The van der Waals surface area contributed by atoms with Crippen molar-refractivity contribution in [3.63, 3.8) is 0 Å². The Bertz CT molecular complexity index is 1070. The molecule has 1 aliphatic heterocycles. The number of rotatable bonds is 4. The van der Waals surface area contributed by atoms with Gasteiger partial charge in [-0.15, -0.1) is 0 Å². The second kappa shape index (κ2) is 7.32. The van der Waals surface area contributed by atoms with Gasteiger partial charge in [0, 0.05) is 11.1 Å². The normalized spacial score (nSPS) is 15.5. The Morgan fingerprint density at radius 3 is 2.57 bits per heavy atom. The van der Waals surface area contributed by atoms with Crippen LogP contribution in [0.4, 0.5) is 10.1 Å². The van der Waals surface area contributed by atoms with Crippen molar-refractivity contribution < 1.29 is 13.9 Å². The summed E-state index contributed by atoms with van der Waals surface area (Å²) in [6.07, 6.45) is 3.28. The minimum Gasteiger partial charge on any atom is -0.497 e. The van der Waals surface area contributed by atoms with Gasteiger partial charge in [-0.2, -0.15) is 5.10 Å². The lowest BCUT2D eigenvalue weighted by molar-refractivity contribution is -0.113. The molecule has 0 bridgehead atoms. The highest BCUT2D eigenvalue weighted by molar-refractivity contribution is 8.19. The van der Waals surface area contributed by atoms with E-state index < -0.39 is 0 Å². The molecule has 2 aromatic carbocycles. The van der Waals surface area contributed by atoms with Crippen LogP contribution in [0.2, 0.25) is 0 Å². The number of aromatic nitrogens is 2. The number of hydrogen-bond donors (Lipinski definition) is 2. The number of anilines is 1. The number of benzene rings is 2. The summed E-state index contributed by atoms with van der Waals surface area (Å²) >= 11 is 1.08. The number of nitrogens with one attached hydrogen (secondary N) is 2. The lowest BCUT2D eigenvalue weighted by atomic mass is 10.1. The third-order valence-electron chi connectivity index (χ3n) is 4.24. The summed E-state index contributed by atoms with van der Waals surface area (Å²) in [5, 5.41) is 15.2. The molecule has 0 spiro atoms. The molecule has 1 amide bonds. The van der Waals surface area contributed by atoms with Crippen molar-refractivity contribution >= 4 is 34.6 Å². The number of methoxy groups -OCH3 is 1. The van der Waals surface area contributed by atoms with Crippen molar-refractivity contribution in [2.24, 2.45) is 0 Å². The molecular formula is C20H15FN4O2S. The Morgan fingerprint density at radius 2 is 1.89 bits per heavy atom. The molecule has 0 saturated carbocycles. The second-order valence-electron chi connectivity index (χ2n) is 5.96. The Kier molecular flexibility index (Phi) is 4.70. The van der Waals surface area contributed by atoms with Crippen LogP contribution in [0, 0.1) is 11.2 Å². The fraction of sp³-hybridized carbons (Fsp3) is 0.0500. The van der Waals surface area contributed by atoms with Gasteiger partial charge >= 0.3 is 0 Å². The number of halogens is 1. The van der Waals surface area contributed by atoms with Crippen LogP contribution in [0.25, 0.3) is 17.3 Å². The number of carbonyl (C=O) groups is 1. The second-order valence-corrected chi connectivity index (χ2v) is 6.99. The Balaban J connectivity index is 1.65. The zero-order valence-corrected chi connectivity index (χ0v) is 15.6. The Morgan fingerprint density at radius 1 is 1.18 bits per heavy atom. The van der Waals surface area contributed by atoms with Gasteiger partial charge in [0.25, 0.3) is 5.91 Å². The number of hydrogen-bond acceptors (Lipinski definition) is 5. The van der Waals surface area contributed by atoms with E-state index in [-0.39, 0.29) is 16.9 Å². The van der Waals surface area contributed by atoms with Crippen LogP contribution in [0.5, 0.6) is 5.75 Å². The van der Waals surface area contributed by atoms with Gasteiger partial charge in [0.15, 0.2) is 5.17 Å². The average molecular weight is 394 g/mol. The maximum absolute atomic E-state index is 13.2. The molecule has 2 heterocycles. The molecule has 1 aliphatic rings. The number of H-pyrrole nitrogens is 1. The van der Waals surface area contributed by atoms with Crippen LogP contribution in [0.3, 0.4) is 0 Å². The monoisotopic (exact) mass is 394 g/mol. The van der Waals surface area contributed by atoms with Gasteiger partial charge in [0.05, 0.1) is 29.6 Å². The topological polar surface area (TPSA) is 82.1 Å². The number of ether oxygens (including phenoxy) is 1. The third-order valence-corrected chi connectivity index (χ3v) is 5.13. The van der Waals surface area contributed by atoms with Gasteiger partial charge in [-0.1, -0.05) is 0 Å². The van der Waals surface area contributed by atoms with Gasteiger partial charge in [0.2, 0.25) is 0 Å². The zero-order chi connectivity index (χ0) is 19.7. The number of carbonyl (C=O) groups excluding carboxylic acids is 1. The van der Waals surface area contributed by atoms with E-state index in [0.29, 0.717) is 27.6 Å². The summed E-state index contributed by atoms with van der Waals surface area (Å²) in [7, 11) is 1.57. The first kappa shape index (κ1) is 18.0. The van der Waals surface area contributed by atoms with Crippen LogP contribution in [-0.4, -0.2) is 28.4 Å². The van der Waals surface area contributed by atoms with Gasteiger partial charge < -0.3 is 4.74 Å². The summed E-state index contributed by atoms with van der Waals surface area (Å²) in [5.74, 6) is 0.0624. The number of nitrogens with zero attached hydrogens (tertiary/aromatic N) is 2. The molecule has 3 aromatic rings. The fourth-order valence-corrected chi connectivity index (χ4v) is 3.70. The quantitative estimate of drug-likeness (QED) is 0.647. The van der Waals surface area contributed by atoms with Crippen molar-refractivity contribution in [1.29, 1.82) is 5.41 Å². The Labute approximate surface area is 164 Å². The van der Waals surface area contributed by atoms with Crippen LogP contribution in [0.15, 0.2) is 59.6 Å². The molecular weight excluding hydrogens is 379 g/mol. The SMILES string of the molecule is COc1ccc(N2C(=N)SC(=Cc3cn[nH]c3-c3ccc(F)cc3)C2=O)cc1. The smallest absolute Gasteiger partial charge is 0.271 e. The molecule has 140 valence electrons. The lowest BCUT2D eigenvalue weighted by Crippen LogP contribution is -2.27. The molecule has 1 aromatic heterocycles. The minimum absolute atomic E-state index is 0.119. The predicted molar refractivity (Wildman–Crippen MR) is 108 cm³/mol. The van der Waals surface area contributed by atoms with E-state index in [0.717, 1.165) is 17.3 Å². The molecule has 0 radical (unpaired) electrons. The third kappa shape index (κ3) is 3.29. The fourth-order valence-electron chi connectivity index (χ4n) is 2.85. The van der Waals surface area contributed by atoms with Crippen LogP contribution < -0.4 is 9.64 Å². The lowest BCUT2D eigenvalue weighted by Gasteiger charge is -2.14. The molecule has 2 N–H and O–H groups in total. The van der Waals surface area contributed by atoms with Crippen LogP contribution >= 0.6 is 11.8 Å². The molecule has 1 fully saturated rings. The van der Waals surface area contributed by atoms with E-state index in [1.54, 1.807) is 55.8 Å². The predicted octanol–water partition coefficient (Wildman–Crippen LogP) is 4.28. The standard InChI is InChI=1S/C20H15FN4O2S/c1-27-16-8-6-15(7-9-16)25-19(26)17(28-20(25)22)10-13-11-23-24-18(13)12-2-4-14(21)5-3-12/h2-11,22H,1H3,(H,23,24). The number of aromatic amines is 1. The van der Waals surface area contributed by atoms with Crippen LogP contribution in [0.1, 0.15) is 5.56 Å². The van der Waals surface area contributed by atoms with Gasteiger partial charge in [-0.3, -0.25) is 20.2 Å². The summed E-state index contributed by atoms with van der Waals surface area (Å²) in [6.45, 7) is 0. The van der Waals surface area contributed by atoms with Crippen molar-refractivity contribution in [3.05, 3.63) is 71.0 Å². The molecule has 0 atom stereocenters. The van der Waals surface area contributed by atoms with Crippen molar-refractivity contribution in [3.8, 4) is 17.0 Å². The number of amides is 1. The maximum atomic E-state index is 13.2. The van der Waals surface area contributed by atoms with E-state index in [2.05, 4.69) is 10.2 Å². The molecule has 1 saturated heterocycles. The van der Waals surface area contributed by atoms with Crippen molar-refractivity contribution in [2.75, 3.05) is 12.0 Å². The molecule has 0 aliphatic carbocycles. The van der Waals surface area contributed by atoms with Gasteiger partial charge in [0.1, 0.15) is 11.6 Å². The summed E-state index contributed by atoms with van der Waals surface area (Å²) in [4.78, 5) is 14.6. The Hall–Kier alpha value is -3.39. The van der Waals surface area contributed by atoms with E-state index in [4.69, 9.17) is 10.1 Å². The molecule has 4 rings (SSSR count). The van der Waals surface area contributed by atoms with Crippen LogP contribution in [-0.2, 0) is 4.79 Å². The van der Waals surface area contributed by atoms with E-state index in [1.807, 2.05) is 0 Å². The van der Waals surface area contributed by atoms with E-state index in [9.17, 15) is 9.18 Å². The van der Waals surface area contributed by atoms with Crippen molar-refractivity contribution in [2.45, 2.75) is 0 Å². The van der Waals surface area contributed by atoms with Gasteiger partial charge in [-0.05, 0) is 66.4 Å². The number of thioether (sulfide) groups is 1. The minimum atomic E-state index is -0.326. The molecule has 0 unspecified atom stereocenters. The maximum Gasteiger partial charge on any atom is 0.271 e. The first-order chi connectivity index (χ1) is 13.6. The highest BCUT2D eigenvalue weighted by Crippen LogP contribution is 2.36. The van der Waals surface area contributed by atoms with E-state index >= 15 is 0 Å². The number of amidine groups is 1. The summed E-state index contributed by atoms with van der Waals surface area (Å²) in [6, 6.07) is 13.0. The summed E-state index contributed by atoms with van der Waals surface area (Å²) < 4.78 is 18.3. The highest BCUT2D eigenvalue weighted by atomic mass is 32.2. The zero-order valence-electron chi connectivity index (χ0n) is 14.8. The molecule has 6 nitrogen and oxygen atoms in total. The first-order valence-corrected chi connectivity index (χ1v) is 9.14. The average Bonchev–Trinajstić information content (AvgIpc) is 3.27. The van der Waals surface area contributed by atoms with Crippen molar-refractivity contribution in [1.82, 2.24) is 10.2 Å². The first-order valence-electron chi connectivity index (χ1n) is 8.33. The van der Waals surface area contributed by atoms with Gasteiger partial charge in [-0.25, -0.2) is 4.39 Å². The molecule has 8 heteroatoms. The highest BCUT2D eigenvalue weighted by Gasteiger charge is 2.33. The summed E-state index contributed by atoms with van der Waals surface area (Å²) in [5.41, 5.74) is 2.71. The largest absolute Gasteiger partial charge is 0.497 e. The molecule has 28 heavy (non-hydrogen) atoms.